The summed E-state index contributed by atoms with van der Waals surface area (Å²) in [5.41, 5.74) is 0.975. The summed E-state index contributed by atoms with van der Waals surface area (Å²) in [6.45, 7) is 0. The van der Waals surface area contributed by atoms with Gasteiger partial charge < -0.3 is 5.11 Å². The predicted octanol–water partition coefficient (Wildman–Crippen LogP) is 3.57. The van der Waals surface area contributed by atoms with Crippen LogP contribution in [0.1, 0.15) is 24.3 Å². The molecule has 0 radical (unpaired) electrons. The molecule has 2 unspecified atom stereocenters. The summed E-state index contributed by atoms with van der Waals surface area (Å²) in [5.74, 6) is -0.892. The lowest BCUT2D eigenvalue weighted by molar-refractivity contribution is -0.145. The first-order valence-electron chi connectivity index (χ1n) is 4.77. The molecule has 0 saturated heterocycles. The third-order valence-corrected chi connectivity index (χ3v) is 3.70. The molecule has 1 aliphatic rings. The summed E-state index contributed by atoms with van der Waals surface area (Å²) < 4.78 is 0. The summed E-state index contributed by atoms with van der Waals surface area (Å²) in [5, 5.41) is 9.93. The highest BCUT2D eigenvalue weighted by Gasteiger charge is 2.37. The quantitative estimate of drug-likeness (QED) is 0.864. The molecule has 1 saturated carbocycles. The van der Waals surface area contributed by atoms with Crippen LogP contribution in [0.3, 0.4) is 0 Å². The largest absolute Gasteiger partial charge is 0.481 e. The maximum absolute atomic E-state index is 10.9. The minimum absolute atomic E-state index is 0.0947. The number of aliphatic carboxylic acids is 1. The van der Waals surface area contributed by atoms with Gasteiger partial charge in [-0.2, -0.15) is 0 Å². The highest BCUT2D eigenvalue weighted by Crippen LogP contribution is 2.43. The van der Waals surface area contributed by atoms with E-state index >= 15 is 0 Å². The van der Waals surface area contributed by atoms with Gasteiger partial charge in [-0.3, -0.25) is 4.79 Å². The molecule has 0 aliphatic heterocycles. The van der Waals surface area contributed by atoms with Gasteiger partial charge in [-0.15, -0.1) is 0 Å². The zero-order valence-electron chi connectivity index (χ0n) is 7.91. The third kappa shape index (κ3) is 1.97. The van der Waals surface area contributed by atoms with Gasteiger partial charge >= 0.3 is 5.97 Å². The van der Waals surface area contributed by atoms with E-state index in [1.165, 1.54) is 0 Å². The van der Waals surface area contributed by atoms with Crippen LogP contribution in [0, 0.1) is 5.92 Å². The average molecular weight is 245 g/mol. The second-order valence-electron chi connectivity index (χ2n) is 3.80. The third-order valence-electron chi connectivity index (χ3n) is 2.96. The number of benzene rings is 1. The molecule has 1 N–H and O–H groups in total. The fraction of sp³-hybridized carbons (Fsp3) is 0.364. The van der Waals surface area contributed by atoms with Crippen LogP contribution in [0.2, 0.25) is 10.0 Å². The Labute approximate surface area is 97.8 Å². The van der Waals surface area contributed by atoms with Gasteiger partial charge in [0.15, 0.2) is 0 Å². The Morgan fingerprint density at radius 2 is 2.00 bits per heavy atom. The van der Waals surface area contributed by atoms with Crippen molar-refractivity contribution < 1.29 is 9.90 Å². The zero-order valence-corrected chi connectivity index (χ0v) is 9.42. The lowest BCUT2D eigenvalue weighted by atomic mass is 9.70. The van der Waals surface area contributed by atoms with Crippen molar-refractivity contribution in [1.29, 1.82) is 0 Å². The van der Waals surface area contributed by atoms with Crippen LogP contribution in [-0.4, -0.2) is 11.1 Å². The molecule has 2 nitrogen and oxygen atoms in total. The first-order chi connectivity index (χ1) is 7.09. The van der Waals surface area contributed by atoms with Crippen molar-refractivity contribution in [1.82, 2.24) is 0 Å². The molecule has 1 fully saturated rings. The number of carboxylic acids is 1. The lowest BCUT2D eigenvalue weighted by Gasteiger charge is -2.33. The van der Waals surface area contributed by atoms with Gasteiger partial charge in [0.05, 0.1) is 16.0 Å². The molecule has 2 rings (SSSR count). The van der Waals surface area contributed by atoms with Crippen molar-refractivity contribution in [2.75, 3.05) is 0 Å². The second kappa shape index (κ2) is 4.03. The zero-order chi connectivity index (χ0) is 11.0. The SMILES string of the molecule is O=C(O)C1CCC1c1ccc(Cl)c(Cl)c1. The minimum Gasteiger partial charge on any atom is -0.481 e. The number of carbonyl (C=O) groups is 1. The number of hydrogen-bond acceptors (Lipinski definition) is 1. The standard InChI is InChI=1S/C11H10Cl2O2/c12-9-4-1-6(5-10(9)13)7-2-3-8(7)11(14)15/h1,4-5,7-8H,2-3H2,(H,14,15). The van der Waals surface area contributed by atoms with E-state index in [0.29, 0.717) is 10.0 Å². The Morgan fingerprint density at radius 3 is 2.47 bits per heavy atom. The summed E-state index contributed by atoms with van der Waals surface area (Å²) in [6.07, 6.45) is 1.66. The van der Waals surface area contributed by atoms with Crippen LogP contribution in [0.4, 0.5) is 0 Å². The highest BCUT2D eigenvalue weighted by atomic mass is 35.5. The number of rotatable bonds is 2. The van der Waals surface area contributed by atoms with Crippen molar-refractivity contribution in [3.8, 4) is 0 Å². The van der Waals surface area contributed by atoms with Gasteiger partial charge in [0, 0.05) is 0 Å². The molecule has 2 atom stereocenters. The molecule has 0 aromatic heterocycles. The van der Waals surface area contributed by atoms with Crippen LogP contribution < -0.4 is 0 Å². The molecular formula is C11H10Cl2O2. The summed E-state index contributed by atoms with van der Waals surface area (Å²) in [6, 6.07) is 5.34. The molecule has 1 aromatic rings. The summed E-state index contributed by atoms with van der Waals surface area (Å²) >= 11 is 11.7. The molecule has 0 amide bonds. The molecule has 1 aromatic carbocycles. The van der Waals surface area contributed by atoms with E-state index in [1.807, 2.05) is 6.07 Å². The maximum atomic E-state index is 10.9. The van der Waals surface area contributed by atoms with Gasteiger partial charge in [-0.1, -0.05) is 29.3 Å². The van der Waals surface area contributed by atoms with Crippen molar-refractivity contribution in [2.45, 2.75) is 18.8 Å². The molecule has 4 heteroatoms. The molecule has 0 spiro atoms. The Morgan fingerprint density at radius 1 is 1.27 bits per heavy atom. The molecule has 1 aliphatic carbocycles. The van der Waals surface area contributed by atoms with E-state index in [9.17, 15) is 4.79 Å². The van der Waals surface area contributed by atoms with Crippen LogP contribution in [0.15, 0.2) is 18.2 Å². The van der Waals surface area contributed by atoms with Gasteiger partial charge in [0.25, 0.3) is 0 Å². The van der Waals surface area contributed by atoms with Crippen molar-refractivity contribution >= 4 is 29.2 Å². The van der Waals surface area contributed by atoms with Gasteiger partial charge in [0.2, 0.25) is 0 Å². The Balaban J connectivity index is 2.23. The van der Waals surface area contributed by atoms with Crippen LogP contribution in [-0.2, 0) is 4.79 Å². The summed E-state index contributed by atoms with van der Waals surface area (Å²) in [4.78, 5) is 10.9. The second-order valence-corrected chi connectivity index (χ2v) is 4.62. The Kier molecular flexibility index (Phi) is 2.89. The lowest BCUT2D eigenvalue weighted by Crippen LogP contribution is -2.30. The van der Waals surface area contributed by atoms with Gasteiger partial charge in [-0.25, -0.2) is 0 Å². The molecule has 0 heterocycles. The monoisotopic (exact) mass is 244 g/mol. The van der Waals surface area contributed by atoms with Crippen molar-refractivity contribution in [2.24, 2.45) is 5.92 Å². The fourth-order valence-electron chi connectivity index (χ4n) is 1.94. The Bertz CT molecular complexity index is 404. The fourth-order valence-corrected chi connectivity index (χ4v) is 2.24. The molecule has 80 valence electrons. The smallest absolute Gasteiger partial charge is 0.307 e. The predicted molar refractivity (Wildman–Crippen MR) is 59.6 cm³/mol. The number of carboxylic acid groups (broad SMARTS) is 1. The Hall–Kier alpha value is -0.730. The van der Waals surface area contributed by atoms with E-state index in [0.717, 1.165) is 18.4 Å². The van der Waals surface area contributed by atoms with Crippen LogP contribution in [0.25, 0.3) is 0 Å². The van der Waals surface area contributed by atoms with Gasteiger partial charge in [0.1, 0.15) is 0 Å². The van der Waals surface area contributed by atoms with Crippen molar-refractivity contribution in [3.63, 3.8) is 0 Å². The van der Waals surface area contributed by atoms with E-state index in [4.69, 9.17) is 28.3 Å². The minimum atomic E-state index is -0.725. The average Bonchev–Trinajstić information content (AvgIpc) is 2.08. The number of hydrogen-bond donors (Lipinski definition) is 1. The van der Waals surface area contributed by atoms with E-state index in [1.54, 1.807) is 12.1 Å². The highest BCUT2D eigenvalue weighted by molar-refractivity contribution is 6.42. The van der Waals surface area contributed by atoms with Crippen LogP contribution >= 0.6 is 23.2 Å². The van der Waals surface area contributed by atoms with Gasteiger partial charge in [-0.05, 0) is 36.5 Å². The summed E-state index contributed by atoms with van der Waals surface area (Å²) in [7, 11) is 0. The first-order valence-corrected chi connectivity index (χ1v) is 5.53. The van der Waals surface area contributed by atoms with Crippen molar-refractivity contribution in [3.05, 3.63) is 33.8 Å². The van der Waals surface area contributed by atoms with E-state index in [2.05, 4.69) is 0 Å². The number of halogens is 2. The van der Waals surface area contributed by atoms with E-state index < -0.39 is 5.97 Å². The topological polar surface area (TPSA) is 37.3 Å². The normalized spacial score (nSPS) is 24.7. The molecule has 15 heavy (non-hydrogen) atoms. The molecular weight excluding hydrogens is 235 g/mol. The van der Waals surface area contributed by atoms with Crippen LogP contribution in [0.5, 0.6) is 0 Å². The maximum Gasteiger partial charge on any atom is 0.307 e. The first kappa shape index (κ1) is 10.8. The molecule has 0 bridgehead atoms. The van der Waals surface area contributed by atoms with E-state index in [-0.39, 0.29) is 11.8 Å².